The number of benzene rings is 1. The van der Waals surface area contributed by atoms with Crippen LogP contribution in [0.2, 0.25) is 5.02 Å². The highest BCUT2D eigenvalue weighted by Crippen LogP contribution is 2.31. The molecule has 0 radical (unpaired) electrons. The number of halogens is 1. The van der Waals surface area contributed by atoms with Gasteiger partial charge in [-0.15, -0.1) is 0 Å². The molecular weight excluding hydrogens is 506 g/mol. The molecule has 2 aromatic rings. The van der Waals surface area contributed by atoms with Gasteiger partial charge in [-0.05, 0) is 57.5 Å². The second-order valence-corrected chi connectivity index (χ2v) is 10.4. The van der Waals surface area contributed by atoms with Gasteiger partial charge in [-0.2, -0.15) is 4.98 Å². The molecule has 2 heterocycles. The molecule has 1 aliphatic carbocycles. The number of amides is 2. The summed E-state index contributed by atoms with van der Waals surface area (Å²) in [5, 5.41) is 10.1. The average Bonchev–Trinajstić information content (AvgIpc) is 2.90. The van der Waals surface area contributed by atoms with Gasteiger partial charge in [-0.25, -0.2) is 9.98 Å². The number of ether oxygens (including phenoxy) is 1. The molecule has 38 heavy (non-hydrogen) atoms. The molecule has 3 N–H and O–H groups in total. The first-order chi connectivity index (χ1) is 18.3. The van der Waals surface area contributed by atoms with E-state index in [1.165, 1.54) is 13.1 Å². The van der Waals surface area contributed by atoms with E-state index in [4.69, 9.17) is 16.3 Å². The SMILES string of the molecule is COc1cc(C(=O)NC2CCCN(C)C2)ccc1Nc1ncc(Cl)c(N[C@@H]2CCCCC2C=NC(C)=O)n1. The highest BCUT2D eigenvalue weighted by molar-refractivity contribution is 6.32. The Morgan fingerprint density at radius 3 is 2.79 bits per heavy atom. The number of rotatable bonds is 8. The molecule has 0 spiro atoms. The fourth-order valence-electron chi connectivity index (χ4n) is 5.03. The van der Waals surface area contributed by atoms with Crippen LogP contribution in [0.5, 0.6) is 5.75 Å². The number of hydrogen-bond acceptors (Lipinski definition) is 8. The van der Waals surface area contributed by atoms with Crippen LogP contribution in [0.3, 0.4) is 0 Å². The average molecular weight is 542 g/mol. The molecular formula is C27H36ClN7O3. The van der Waals surface area contributed by atoms with Crippen molar-refractivity contribution in [3.63, 3.8) is 0 Å². The number of aliphatic imine (C=N–C) groups is 1. The summed E-state index contributed by atoms with van der Waals surface area (Å²) < 4.78 is 5.56. The Hall–Kier alpha value is -3.24. The first-order valence-corrected chi connectivity index (χ1v) is 13.5. The Kier molecular flexibility index (Phi) is 9.52. The van der Waals surface area contributed by atoms with Crippen LogP contribution in [-0.4, -0.2) is 72.2 Å². The van der Waals surface area contributed by atoms with E-state index < -0.39 is 0 Å². The molecule has 1 saturated carbocycles. The van der Waals surface area contributed by atoms with Crippen molar-refractivity contribution in [3.05, 3.63) is 35.0 Å². The molecule has 204 valence electrons. The fraction of sp³-hybridized carbons (Fsp3) is 0.519. The fourth-order valence-corrected chi connectivity index (χ4v) is 5.18. The van der Waals surface area contributed by atoms with Crippen LogP contribution >= 0.6 is 11.6 Å². The van der Waals surface area contributed by atoms with E-state index in [1.54, 1.807) is 31.5 Å². The number of anilines is 3. The van der Waals surface area contributed by atoms with Crippen molar-refractivity contribution in [2.24, 2.45) is 10.9 Å². The minimum absolute atomic E-state index is 0.0587. The molecule has 2 amide bonds. The lowest BCUT2D eigenvalue weighted by Gasteiger charge is -2.30. The topological polar surface area (TPSA) is 121 Å². The smallest absolute Gasteiger partial charge is 0.251 e. The van der Waals surface area contributed by atoms with E-state index in [9.17, 15) is 9.59 Å². The van der Waals surface area contributed by atoms with Gasteiger partial charge in [-0.1, -0.05) is 24.4 Å². The highest BCUT2D eigenvalue weighted by Gasteiger charge is 2.25. The molecule has 2 fully saturated rings. The minimum atomic E-state index is -0.208. The third kappa shape index (κ3) is 7.41. The van der Waals surface area contributed by atoms with Crippen molar-refractivity contribution >= 4 is 47.1 Å². The highest BCUT2D eigenvalue weighted by atomic mass is 35.5. The summed E-state index contributed by atoms with van der Waals surface area (Å²) in [5.41, 5.74) is 1.15. The van der Waals surface area contributed by atoms with E-state index >= 15 is 0 Å². The molecule has 1 aromatic heterocycles. The van der Waals surface area contributed by atoms with Gasteiger partial charge >= 0.3 is 0 Å². The van der Waals surface area contributed by atoms with Gasteiger partial charge in [0.05, 0.1) is 19.0 Å². The first kappa shape index (κ1) is 27.8. The van der Waals surface area contributed by atoms with E-state index in [2.05, 4.69) is 42.9 Å². The second-order valence-electron chi connectivity index (χ2n) is 10.0. The number of nitrogens with one attached hydrogen (secondary N) is 3. The normalized spacial score (nSPS) is 22.2. The summed E-state index contributed by atoms with van der Waals surface area (Å²) in [7, 11) is 3.62. The van der Waals surface area contributed by atoms with Gasteiger partial charge in [0.1, 0.15) is 10.8 Å². The molecule has 2 aliphatic rings. The van der Waals surface area contributed by atoms with Crippen molar-refractivity contribution in [2.75, 3.05) is 37.9 Å². The maximum Gasteiger partial charge on any atom is 0.251 e. The van der Waals surface area contributed by atoms with Crippen LogP contribution in [0.15, 0.2) is 29.4 Å². The Balaban J connectivity index is 1.46. The Bertz CT molecular complexity index is 1180. The first-order valence-electron chi connectivity index (χ1n) is 13.1. The van der Waals surface area contributed by atoms with Crippen molar-refractivity contribution < 1.29 is 14.3 Å². The van der Waals surface area contributed by atoms with E-state index in [-0.39, 0.29) is 29.8 Å². The van der Waals surface area contributed by atoms with Crippen LogP contribution in [0.4, 0.5) is 17.5 Å². The molecule has 0 bridgehead atoms. The second kappa shape index (κ2) is 13.0. The number of carbonyl (C=O) groups excluding carboxylic acids is 2. The molecule has 10 nitrogen and oxygen atoms in total. The summed E-state index contributed by atoms with van der Waals surface area (Å²) in [5.74, 6) is 1.12. The van der Waals surface area contributed by atoms with Gasteiger partial charge in [0.25, 0.3) is 5.91 Å². The molecule has 1 aromatic carbocycles. The zero-order valence-electron chi connectivity index (χ0n) is 22.2. The standard InChI is InChI=1S/C27H36ClN7O3/c1-17(36)29-14-19-7-4-5-9-22(19)32-25-21(28)15-30-27(34-25)33-23-11-10-18(13-24(23)38-3)26(37)31-20-8-6-12-35(2)16-20/h10-11,13-15,19-20,22H,4-9,12,16H2,1-3H3,(H,31,37)(H2,30,32,33,34)/t19?,20?,22-/m1/s1. The summed E-state index contributed by atoms with van der Waals surface area (Å²) in [4.78, 5) is 39.3. The quantitative estimate of drug-likeness (QED) is 0.423. The van der Waals surface area contributed by atoms with Crippen LogP contribution in [0.1, 0.15) is 55.8 Å². The van der Waals surface area contributed by atoms with Crippen molar-refractivity contribution in [2.45, 2.75) is 57.5 Å². The summed E-state index contributed by atoms with van der Waals surface area (Å²) in [6.07, 6.45) is 9.34. The molecule has 4 rings (SSSR count). The number of likely N-dealkylation sites (tertiary alicyclic amines) is 1. The van der Waals surface area contributed by atoms with Crippen molar-refractivity contribution in [3.8, 4) is 5.75 Å². The van der Waals surface area contributed by atoms with Gasteiger partial charge in [0.15, 0.2) is 5.82 Å². The van der Waals surface area contributed by atoms with E-state index in [1.807, 2.05) is 0 Å². The van der Waals surface area contributed by atoms with Gasteiger partial charge in [-0.3, -0.25) is 9.59 Å². The third-order valence-electron chi connectivity index (χ3n) is 7.00. The number of piperidine rings is 1. The monoisotopic (exact) mass is 541 g/mol. The predicted molar refractivity (Wildman–Crippen MR) is 150 cm³/mol. The van der Waals surface area contributed by atoms with Crippen LogP contribution < -0.4 is 20.7 Å². The van der Waals surface area contributed by atoms with Crippen molar-refractivity contribution in [1.29, 1.82) is 0 Å². The maximum atomic E-state index is 12.9. The molecule has 2 unspecified atom stereocenters. The van der Waals surface area contributed by atoms with Crippen LogP contribution in [0.25, 0.3) is 0 Å². The largest absolute Gasteiger partial charge is 0.495 e. The Labute approximate surface area is 228 Å². The molecule has 11 heteroatoms. The van der Waals surface area contributed by atoms with Crippen LogP contribution in [-0.2, 0) is 4.79 Å². The number of likely N-dealkylation sites (N-methyl/N-ethyl adjacent to an activating group) is 1. The number of aromatic nitrogens is 2. The maximum absolute atomic E-state index is 12.9. The minimum Gasteiger partial charge on any atom is -0.495 e. The molecule has 1 saturated heterocycles. The van der Waals surface area contributed by atoms with E-state index in [0.717, 1.165) is 51.6 Å². The number of hydrogen-bond donors (Lipinski definition) is 3. The van der Waals surface area contributed by atoms with Crippen LogP contribution in [0, 0.1) is 5.92 Å². The van der Waals surface area contributed by atoms with Gasteiger partial charge in [0.2, 0.25) is 11.9 Å². The van der Waals surface area contributed by atoms with Gasteiger partial charge < -0.3 is 25.6 Å². The number of nitrogens with zero attached hydrogens (tertiary/aromatic N) is 4. The zero-order valence-corrected chi connectivity index (χ0v) is 22.9. The van der Waals surface area contributed by atoms with Crippen molar-refractivity contribution in [1.82, 2.24) is 20.2 Å². The van der Waals surface area contributed by atoms with E-state index in [0.29, 0.717) is 33.8 Å². The number of carbonyl (C=O) groups is 2. The molecule has 1 aliphatic heterocycles. The zero-order chi connectivity index (χ0) is 27.1. The summed E-state index contributed by atoms with van der Waals surface area (Å²) >= 11 is 6.42. The third-order valence-corrected chi connectivity index (χ3v) is 7.28. The summed E-state index contributed by atoms with van der Waals surface area (Å²) in [6.45, 7) is 3.35. The molecule has 3 atom stereocenters. The lowest BCUT2D eigenvalue weighted by Crippen LogP contribution is -2.46. The lowest BCUT2D eigenvalue weighted by atomic mass is 9.85. The Morgan fingerprint density at radius 1 is 1.21 bits per heavy atom. The summed E-state index contributed by atoms with van der Waals surface area (Å²) in [6, 6.07) is 5.43. The lowest BCUT2D eigenvalue weighted by molar-refractivity contribution is -0.115. The number of methoxy groups -OCH3 is 1. The Morgan fingerprint density at radius 2 is 2.03 bits per heavy atom. The predicted octanol–water partition coefficient (Wildman–Crippen LogP) is 4.29. The van der Waals surface area contributed by atoms with Gasteiger partial charge in [0, 0.05) is 43.2 Å².